The predicted molar refractivity (Wildman–Crippen MR) is 84.0 cm³/mol. The number of nitrogens with two attached hydrogens (primary N) is 1. The third kappa shape index (κ3) is 3.24. The number of hydrogen-bond donors (Lipinski definition) is 2. The van der Waals surface area contributed by atoms with Crippen LogP contribution in [0.3, 0.4) is 0 Å². The molecule has 0 radical (unpaired) electrons. The summed E-state index contributed by atoms with van der Waals surface area (Å²) in [6.45, 7) is 8.60. The van der Waals surface area contributed by atoms with Crippen LogP contribution in [-0.2, 0) is 4.74 Å². The Hall–Kier alpha value is -1.27. The van der Waals surface area contributed by atoms with E-state index < -0.39 is 0 Å². The van der Waals surface area contributed by atoms with Gasteiger partial charge in [-0.1, -0.05) is 19.1 Å². The number of anilines is 1. The van der Waals surface area contributed by atoms with Crippen LogP contribution in [0.1, 0.15) is 36.6 Å². The molecule has 0 saturated carbocycles. The van der Waals surface area contributed by atoms with Gasteiger partial charge in [-0.25, -0.2) is 0 Å². The normalized spacial score (nSPS) is 17.8. The zero-order chi connectivity index (χ0) is 14.8. The maximum Gasteiger partial charge on any atom is 0.159 e. The molecule has 110 valence electrons. The van der Waals surface area contributed by atoms with Gasteiger partial charge in [-0.15, -0.1) is 5.10 Å². The highest BCUT2D eigenvalue weighted by Gasteiger charge is 2.27. The Kier molecular flexibility index (Phi) is 4.55. The number of thiocarbonyl (C=S) groups is 1. The van der Waals surface area contributed by atoms with Crippen molar-refractivity contribution in [2.75, 3.05) is 25.1 Å². The molecule has 1 aliphatic heterocycles. The Bertz CT molecular complexity index is 512. The second-order valence-corrected chi connectivity index (χ2v) is 6.21. The van der Waals surface area contributed by atoms with Gasteiger partial charge in [0.1, 0.15) is 4.99 Å². The fraction of sp³-hybridized carbons (Fsp3) is 0.643. The lowest BCUT2D eigenvalue weighted by atomic mass is 9.82. The summed E-state index contributed by atoms with van der Waals surface area (Å²) in [6.07, 6.45) is 2.08. The lowest BCUT2D eigenvalue weighted by Gasteiger charge is -2.34. The molecule has 3 N–H and O–H groups in total. The summed E-state index contributed by atoms with van der Waals surface area (Å²) >= 11 is 5.15. The first-order valence-corrected chi connectivity index (χ1v) is 7.29. The molecule has 0 spiro atoms. The van der Waals surface area contributed by atoms with E-state index in [1.165, 1.54) is 0 Å². The fourth-order valence-electron chi connectivity index (χ4n) is 2.37. The van der Waals surface area contributed by atoms with Crippen molar-refractivity contribution in [3.8, 4) is 0 Å². The molecule has 0 bridgehead atoms. The molecule has 2 rings (SSSR count). The van der Waals surface area contributed by atoms with Crippen molar-refractivity contribution in [2.24, 2.45) is 11.1 Å². The van der Waals surface area contributed by atoms with E-state index in [4.69, 9.17) is 22.7 Å². The number of aromatic nitrogens is 2. The third-order valence-electron chi connectivity index (χ3n) is 4.08. The maximum absolute atomic E-state index is 5.83. The van der Waals surface area contributed by atoms with Crippen LogP contribution in [0, 0.1) is 19.3 Å². The first-order chi connectivity index (χ1) is 9.43. The fourth-order valence-corrected chi connectivity index (χ4v) is 2.62. The Labute approximate surface area is 125 Å². The topological polar surface area (TPSA) is 73.1 Å². The molecule has 1 aliphatic rings. The van der Waals surface area contributed by atoms with Gasteiger partial charge in [0.15, 0.2) is 5.82 Å². The zero-order valence-electron chi connectivity index (χ0n) is 12.3. The summed E-state index contributed by atoms with van der Waals surface area (Å²) in [6, 6.07) is 0. The quantitative estimate of drug-likeness (QED) is 0.827. The molecule has 6 heteroatoms. The standard InChI is InChI=1S/C14H22N4OS/c1-9-10(2)17-18-13(11(9)12(15)20)16-8-14(3)4-6-19-7-5-14/h4-8H2,1-3H3,(H2,15,20)(H,16,18). The minimum absolute atomic E-state index is 0.214. The second kappa shape index (κ2) is 6.01. The summed E-state index contributed by atoms with van der Waals surface area (Å²) in [4.78, 5) is 0.361. The van der Waals surface area contributed by atoms with Gasteiger partial charge in [0.25, 0.3) is 0 Å². The van der Waals surface area contributed by atoms with E-state index in [-0.39, 0.29) is 5.41 Å². The number of hydrogen-bond acceptors (Lipinski definition) is 5. The van der Waals surface area contributed by atoms with Crippen LogP contribution < -0.4 is 11.1 Å². The molecule has 1 saturated heterocycles. The van der Waals surface area contributed by atoms with Gasteiger partial charge in [-0.2, -0.15) is 5.10 Å². The maximum atomic E-state index is 5.83. The van der Waals surface area contributed by atoms with Crippen LogP contribution in [0.5, 0.6) is 0 Å². The lowest BCUT2D eigenvalue weighted by Crippen LogP contribution is -2.34. The largest absolute Gasteiger partial charge is 0.389 e. The molecule has 2 heterocycles. The number of ether oxygens (including phenoxy) is 1. The van der Waals surface area contributed by atoms with Crippen molar-refractivity contribution in [2.45, 2.75) is 33.6 Å². The smallest absolute Gasteiger partial charge is 0.159 e. The van der Waals surface area contributed by atoms with Gasteiger partial charge in [0.2, 0.25) is 0 Å². The van der Waals surface area contributed by atoms with Gasteiger partial charge < -0.3 is 15.8 Å². The Morgan fingerprint density at radius 3 is 2.60 bits per heavy atom. The number of aryl methyl sites for hydroxylation is 1. The van der Waals surface area contributed by atoms with Crippen LogP contribution in [0.25, 0.3) is 0 Å². The minimum Gasteiger partial charge on any atom is -0.389 e. The molecule has 5 nitrogen and oxygen atoms in total. The van der Waals surface area contributed by atoms with E-state index in [1.807, 2.05) is 13.8 Å². The monoisotopic (exact) mass is 294 g/mol. The van der Waals surface area contributed by atoms with E-state index in [2.05, 4.69) is 22.4 Å². The highest BCUT2D eigenvalue weighted by molar-refractivity contribution is 7.80. The zero-order valence-corrected chi connectivity index (χ0v) is 13.1. The second-order valence-electron chi connectivity index (χ2n) is 5.77. The molecule has 1 aromatic heterocycles. The molecule has 1 fully saturated rings. The number of rotatable bonds is 4. The molecule has 0 amide bonds. The van der Waals surface area contributed by atoms with Crippen LogP contribution in [-0.4, -0.2) is 34.9 Å². The van der Waals surface area contributed by atoms with E-state index in [0.717, 1.165) is 49.4 Å². The van der Waals surface area contributed by atoms with Gasteiger partial charge in [0, 0.05) is 19.8 Å². The van der Waals surface area contributed by atoms with Crippen molar-refractivity contribution in [1.29, 1.82) is 0 Å². The highest BCUT2D eigenvalue weighted by Crippen LogP contribution is 2.30. The van der Waals surface area contributed by atoms with E-state index in [9.17, 15) is 0 Å². The van der Waals surface area contributed by atoms with E-state index >= 15 is 0 Å². The summed E-state index contributed by atoms with van der Waals surface area (Å²) in [7, 11) is 0. The van der Waals surface area contributed by atoms with Crippen molar-refractivity contribution in [3.05, 3.63) is 16.8 Å². The van der Waals surface area contributed by atoms with Gasteiger partial charge in [-0.05, 0) is 37.7 Å². The van der Waals surface area contributed by atoms with E-state index in [1.54, 1.807) is 0 Å². The summed E-state index contributed by atoms with van der Waals surface area (Å²) < 4.78 is 5.42. The Balaban J connectivity index is 2.17. The molecule has 0 aliphatic carbocycles. The molecule has 0 aromatic carbocycles. The minimum atomic E-state index is 0.214. The van der Waals surface area contributed by atoms with Crippen molar-refractivity contribution in [1.82, 2.24) is 10.2 Å². The number of nitrogens with one attached hydrogen (secondary N) is 1. The van der Waals surface area contributed by atoms with E-state index in [0.29, 0.717) is 10.8 Å². The Morgan fingerprint density at radius 2 is 2.00 bits per heavy atom. The summed E-state index contributed by atoms with van der Waals surface area (Å²) in [5.74, 6) is 0.688. The van der Waals surface area contributed by atoms with Gasteiger partial charge >= 0.3 is 0 Å². The first-order valence-electron chi connectivity index (χ1n) is 6.88. The average Bonchev–Trinajstić information content (AvgIpc) is 2.40. The third-order valence-corrected chi connectivity index (χ3v) is 4.29. The van der Waals surface area contributed by atoms with Crippen LogP contribution in [0.4, 0.5) is 5.82 Å². The van der Waals surface area contributed by atoms with Crippen LogP contribution in [0.15, 0.2) is 0 Å². The molecular weight excluding hydrogens is 272 g/mol. The SMILES string of the molecule is Cc1nnc(NCC2(C)CCOCC2)c(C(N)=S)c1C. The highest BCUT2D eigenvalue weighted by atomic mass is 32.1. The van der Waals surface area contributed by atoms with Gasteiger partial charge in [-0.3, -0.25) is 0 Å². The number of nitrogens with zero attached hydrogens (tertiary/aromatic N) is 2. The molecule has 0 atom stereocenters. The molecule has 0 unspecified atom stereocenters. The van der Waals surface area contributed by atoms with Crippen molar-refractivity contribution >= 4 is 23.0 Å². The summed E-state index contributed by atoms with van der Waals surface area (Å²) in [5, 5.41) is 11.7. The predicted octanol–water partition coefficient (Wildman–Crippen LogP) is 1.96. The van der Waals surface area contributed by atoms with Crippen molar-refractivity contribution in [3.63, 3.8) is 0 Å². The van der Waals surface area contributed by atoms with Crippen LogP contribution in [0.2, 0.25) is 0 Å². The molecule has 1 aromatic rings. The lowest BCUT2D eigenvalue weighted by molar-refractivity contribution is 0.0299. The Morgan fingerprint density at radius 1 is 1.35 bits per heavy atom. The summed E-state index contributed by atoms with van der Waals surface area (Å²) in [5.41, 5.74) is 8.70. The molecular formula is C14H22N4OS. The van der Waals surface area contributed by atoms with Gasteiger partial charge in [0.05, 0.1) is 11.3 Å². The average molecular weight is 294 g/mol. The van der Waals surface area contributed by atoms with Crippen LogP contribution >= 0.6 is 12.2 Å². The molecule has 20 heavy (non-hydrogen) atoms. The van der Waals surface area contributed by atoms with Crippen molar-refractivity contribution < 1.29 is 4.74 Å². The first kappa shape index (κ1) is 15.1.